The summed E-state index contributed by atoms with van der Waals surface area (Å²) in [7, 11) is 1.89. The van der Waals surface area contributed by atoms with Crippen LogP contribution < -0.4 is 11.1 Å². The molecule has 0 saturated carbocycles. The van der Waals surface area contributed by atoms with Crippen molar-refractivity contribution in [2.45, 2.75) is 20.3 Å². The molecule has 0 aliphatic heterocycles. The van der Waals surface area contributed by atoms with Crippen molar-refractivity contribution in [3.8, 4) is 0 Å². The highest BCUT2D eigenvalue weighted by Crippen LogP contribution is 2.22. The van der Waals surface area contributed by atoms with Gasteiger partial charge >= 0.3 is 0 Å². The third-order valence-corrected chi connectivity index (χ3v) is 2.05. The summed E-state index contributed by atoms with van der Waals surface area (Å²) in [6, 6.07) is 0. The number of aromatic nitrogens is 2. The van der Waals surface area contributed by atoms with Gasteiger partial charge in [0.05, 0.1) is 11.4 Å². The van der Waals surface area contributed by atoms with E-state index in [4.69, 9.17) is 5.73 Å². The van der Waals surface area contributed by atoms with E-state index in [1.807, 2.05) is 20.9 Å². The molecule has 0 saturated heterocycles. The predicted octanol–water partition coefficient (Wildman–Crippen LogP) is 1.55. The first-order valence-electron chi connectivity index (χ1n) is 4.75. The Morgan fingerprint density at radius 2 is 2.29 bits per heavy atom. The Balaban J connectivity index is 2.85. The van der Waals surface area contributed by atoms with Gasteiger partial charge in [0.1, 0.15) is 5.82 Å². The molecule has 0 amide bonds. The van der Waals surface area contributed by atoms with Crippen molar-refractivity contribution in [3.63, 3.8) is 0 Å². The van der Waals surface area contributed by atoms with E-state index in [0.29, 0.717) is 0 Å². The number of nitrogens with one attached hydrogen (secondary N) is 1. The van der Waals surface area contributed by atoms with Gasteiger partial charge in [-0.25, -0.2) is 0 Å². The zero-order valence-corrected chi connectivity index (χ0v) is 9.09. The summed E-state index contributed by atoms with van der Waals surface area (Å²) in [5.74, 6) is 0.879. The Morgan fingerprint density at radius 1 is 1.64 bits per heavy atom. The molecule has 0 spiro atoms. The van der Waals surface area contributed by atoms with Crippen molar-refractivity contribution in [2.75, 3.05) is 17.6 Å². The van der Waals surface area contributed by atoms with Crippen molar-refractivity contribution in [2.24, 2.45) is 7.05 Å². The first-order chi connectivity index (χ1) is 6.56. The van der Waals surface area contributed by atoms with E-state index < -0.39 is 0 Å². The summed E-state index contributed by atoms with van der Waals surface area (Å²) in [4.78, 5) is 0. The third-order valence-electron chi connectivity index (χ3n) is 2.05. The average Bonchev–Trinajstić information content (AvgIpc) is 2.39. The highest BCUT2D eigenvalue weighted by Gasteiger charge is 2.10. The molecule has 0 fully saturated rings. The van der Waals surface area contributed by atoms with Crippen LogP contribution in [0.15, 0.2) is 12.2 Å². The molecule has 0 aliphatic rings. The quantitative estimate of drug-likeness (QED) is 0.715. The number of hydrogen-bond acceptors (Lipinski definition) is 3. The van der Waals surface area contributed by atoms with E-state index in [9.17, 15) is 0 Å². The number of nitrogens with two attached hydrogens (primary N) is 1. The lowest BCUT2D eigenvalue weighted by atomic mass is 10.3. The molecule has 1 aromatic rings. The summed E-state index contributed by atoms with van der Waals surface area (Å²) in [5.41, 5.74) is 8.69. The van der Waals surface area contributed by atoms with E-state index >= 15 is 0 Å². The van der Waals surface area contributed by atoms with Gasteiger partial charge in [-0.1, -0.05) is 19.1 Å². The minimum absolute atomic E-state index is 0.729. The Kier molecular flexibility index (Phi) is 3.17. The molecule has 0 aliphatic carbocycles. The summed E-state index contributed by atoms with van der Waals surface area (Å²) < 4.78 is 1.77. The van der Waals surface area contributed by atoms with Gasteiger partial charge in [-0.3, -0.25) is 4.68 Å². The van der Waals surface area contributed by atoms with Crippen LogP contribution in [0.3, 0.4) is 0 Å². The molecule has 4 nitrogen and oxygen atoms in total. The molecular weight excluding hydrogens is 176 g/mol. The first kappa shape index (κ1) is 10.6. The van der Waals surface area contributed by atoms with Crippen LogP contribution in [-0.4, -0.2) is 16.3 Å². The lowest BCUT2D eigenvalue weighted by Crippen LogP contribution is -2.08. The van der Waals surface area contributed by atoms with Gasteiger partial charge in [0, 0.05) is 13.6 Å². The second kappa shape index (κ2) is 4.17. The van der Waals surface area contributed by atoms with Crippen molar-refractivity contribution >= 4 is 11.5 Å². The first-order valence-corrected chi connectivity index (χ1v) is 4.75. The zero-order valence-electron chi connectivity index (χ0n) is 9.09. The molecule has 0 aromatic carbocycles. The Bertz CT molecular complexity index is 338. The maximum Gasteiger partial charge on any atom is 0.148 e. The number of aryl methyl sites for hydroxylation is 2. The monoisotopic (exact) mass is 194 g/mol. The molecule has 1 rings (SSSR count). The summed E-state index contributed by atoms with van der Waals surface area (Å²) in [6.07, 6.45) is 0.856. The Hall–Kier alpha value is -1.45. The molecule has 0 unspecified atom stereocenters. The highest BCUT2D eigenvalue weighted by molar-refractivity contribution is 5.65. The van der Waals surface area contributed by atoms with Crippen LogP contribution in [0.4, 0.5) is 11.5 Å². The molecule has 3 N–H and O–H groups in total. The van der Waals surface area contributed by atoms with Gasteiger partial charge in [0.15, 0.2) is 0 Å². The lowest BCUT2D eigenvalue weighted by Gasteiger charge is -2.06. The fourth-order valence-electron chi connectivity index (χ4n) is 1.30. The van der Waals surface area contributed by atoms with Crippen LogP contribution in [0.2, 0.25) is 0 Å². The smallest absolute Gasteiger partial charge is 0.148 e. The summed E-state index contributed by atoms with van der Waals surface area (Å²) in [5, 5.41) is 7.52. The van der Waals surface area contributed by atoms with Crippen molar-refractivity contribution in [3.05, 3.63) is 17.8 Å². The minimum atomic E-state index is 0.729. The fraction of sp³-hybridized carbons (Fsp3) is 0.500. The molecule has 0 bridgehead atoms. The van der Waals surface area contributed by atoms with Crippen molar-refractivity contribution in [1.82, 2.24) is 9.78 Å². The van der Waals surface area contributed by atoms with E-state index in [-0.39, 0.29) is 0 Å². The van der Waals surface area contributed by atoms with Crippen LogP contribution in [-0.2, 0) is 13.5 Å². The Morgan fingerprint density at radius 3 is 2.71 bits per heavy atom. The van der Waals surface area contributed by atoms with E-state index in [0.717, 1.165) is 35.7 Å². The van der Waals surface area contributed by atoms with Gasteiger partial charge in [-0.2, -0.15) is 5.10 Å². The van der Waals surface area contributed by atoms with Crippen molar-refractivity contribution in [1.29, 1.82) is 0 Å². The maximum atomic E-state index is 5.93. The number of nitrogens with zero attached hydrogens (tertiary/aromatic N) is 2. The lowest BCUT2D eigenvalue weighted by molar-refractivity contribution is 0.750. The third kappa shape index (κ3) is 2.07. The van der Waals surface area contributed by atoms with Crippen molar-refractivity contribution < 1.29 is 0 Å². The molecular formula is C10H18N4. The van der Waals surface area contributed by atoms with Gasteiger partial charge in [0.2, 0.25) is 0 Å². The van der Waals surface area contributed by atoms with Gasteiger partial charge in [-0.05, 0) is 13.3 Å². The number of anilines is 2. The molecule has 1 aromatic heterocycles. The van der Waals surface area contributed by atoms with Gasteiger partial charge in [-0.15, -0.1) is 0 Å². The Labute approximate surface area is 84.8 Å². The standard InChI is InChI=1S/C10H18N4/c1-5-8-9(11)10(14(4)13-8)12-6-7(2)3/h12H,2,5-6,11H2,1,3-4H3. The number of nitrogen functional groups attached to an aromatic ring is 1. The molecule has 0 radical (unpaired) electrons. The van der Waals surface area contributed by atoms with E-state index in [2.05, 4.69) is 17.0 Å². The zero-order chi connectivity index (χ0) is 10.7. The highest BCUT2D eigenvalue weighted by atomic mass is 15.3. The predicted molar refractivity (Wildman–Crippen MR) is 60.3 cm³/mol. The topological polar surface area (TPSA) is 55.9 Å². The molecule has 1 heterocycles. The minimum Gasteiger partial charge on any atom is -0.394 e. The number of hydrogen-bond donors (Lipinski definition) is 2. The van der Waals surface area contributed by atoms with E-state index in [1.165, 1.54) is 0 Å². The molecule has 78 valence electrons. The second-order valence-electron chi connectivity index (χ2n) is 3.50. The van der Waals surface area contributed by atoms with Crippen LogP contribution in [0.1, 0.15) is 19.5 Å². The molecule has 0 atom stereocenters. The van der Waals surface area contributed by atoms with E-state index in [1.54, 1.807) is 4.68 Å². The van der Waals surface area contributed by atoms with Crippen LogP contribution in [0, 0.1) is 0 Å². The molecule has 14 heavy (non-hydrogen) atoms. The number of rotatable bonds is 4. The second-order valence-corrected chi connectivity index (χ2v) is 3.50. The average molecular weight is 194 g/mol. The largest absolute Gasteiger partial charge is 0.394 e. The van der Waals surface area contributed by atoms with Crippen LogP contribution in [0.25, 0.3) is 0 Å². The SMILES string of the molecule is C=C(C)CNc1c(N)c(CC)nn1C. The molecule has 4 heteroatoms. The summed E-state index contributed by atoms with van der Waals surface area (Å²) >= 11 is 0. The van der Waals surface area contributed by atoms with Crippen LogP contribution >= 0.6 is 0 Å². The van der Waals surface area contributed by atoms with Crippen LogP contribution in [0.5, 0.6) is 0 Å². The normalized spacial score (nSPS) is 10.2. The fourth-order valence-corrected chi connectivity index (χ4v) is 1.30. The van der Waals surface area contributed by atoms with Gasteiger partial charge in [0.25, 0.3) is 0 Å². The maximum absolute atomic E-state index is 5.93. The van der Waals surface area contributed by atoms with Gasteiger partial charge < -0.3 is 11.1 Å². The summed E-state index contributed by atoms with van der Waals surface area (Å²) in [6.45, 7) is 8.57.